The lowest BCUT2D eigenvalue weighted by Crippen LogP contribution is -2.14. The number of anilines is 1. The molecule has 0 aliphatic rings. The van der Waals surface area contributed by atoms with Crippen molar-refractivity contribution in [3.8, 4) is 5.75 Å². The zero-order chi connectivity index (χ0) is 17.9. The maximum atomic E-state index is 10.9. The van der Waals surface area contributed by atoms with Gasteiger partial charge in [0, 0.05) is 35.7 Å². The lowest BCUT2D eigenvalue weighted by atomic mass is 9.97. The molecule has 5 heteroatoms. The average molecular weight is 342 g/mol. The van der Waals surface area contributed by atoms with E-state index in [4.69, 9.17) is 0 Å². The number of hydrogen-bond donors (Lipinski definition) is 2. The zero-order valence-corrected chi connectivity index (χ0v) is 14.3. The van der Waals surface area contributed by atoms with Crippen molar-refractivity contribution in [2.45, 2.75) is 13.0 Å². The van der Waals surface area contributed by atoms with Crippen LogP contribution in [0.1, 0.15) is 22.7 Å². The monoisotopic (exact) mass is 342 g/mol. The van der Waals surface area contributed by atoms with Crippen molar-refractivity contribution in [2.75, 3.05) is 5.32 Å². The predicted octanol–water partition coefficient (Wildman–Crippen LogP) is 4.24. The summed E-state index contributed by atoms with van der Waals surface area (Å²) in [6.45, 7) is 2.02. The maximum Gasteiger partial charge on any atom is 0.147 e. The van der Waals surface area contributed by atoms with E-state index in [1.54, 1.807) is 24.8 Å². The molecule has 0 aliphatic carbocycles. The molecule has 1 aromatic carbocycles. The number of aromatic nitrogens is 3. The molecule has 0 unspecified atom stereocenters. The normalized spacial score (nSPS) is 12.0. The molecule has 2 N–H and O–H groups in total. The summed E-state index contributed by atoms with van der Waals surface area (Å²) in [7, 11) is 0. The largest absolute Gasteiger partial charge is 0.505 e. The van der Waals surface area contributed by atoms with E-state index in [2.05, 4.69) is 20.3 Å². The number of phenolic OH excluding ortho intramolecular Hbond substituents is 1. The number of phenols is 1. The van der Waals surface area contributed by atoms with Crippen molar-refractivity contribution in [3.05, 3.63) is 90.0 Å². The van der Waals surface area contributed by atoms with Crippen LogP contribution in [0.4, 0.5) is 5.82 Å². The van der Waals surface area contributed by atoms with Crippen LogP contribution in [-0.4, -0.2) is 20.1 Å². The van der Waals surface area contributed by atoms with Gasteiger partial charge in [0.2, 0.25) is 0 Å². The predicted molar refractivity (Wildman–Crippen MR) is 102 cm³/mol. The van der Waals surface area contributed by atoms with Gasteiger partial charge in [0.15, 0.2) is 0 Å². The van der Waals surface area contributed by atoms with E-state index in [0.717, 1.165) is 27.9 Å². The number of aryl methyl sites for hydroxylation is 1. The highest BCUT2D eigenvalue weighted by Crippen LogP contribution is 2.35. The van der Waals surface area contributed by atoms with Gasteiger partial charge in [0.25, 0.3) is 0 Å². The maximum absolute atomic E-state index is 10.9. The molecule has 128 valence electrons. The van der Waals surface area contributed by atoms with Gasteiger partial charge in [-0.25, -0.2) is 4.98 Å². The fourth-order valence-electron chi connectivity index (χ4n) is 3.03. The quantitative estimate of drug-likeness (QED) is 0.580. The van der Waals surface area contributed by atoms with Crippen LogP contribution < -0.4 is 5.32 Å². The Morgan fingerprint density at radius 2 is 1.85 bits per heavy atom. The summed E-state index contributed by atoms with van der Waals surface area (Å²) in [4.78, 5) is 12.9. The molecule has 0 amide bonds. The number of fused-ring (bicyclic) bond motifs is 1. The third-order valence-electron chi connectivity index (χ3n) is 4.32. The van der Waals surface area contributed by atoms with Gasteiger partial charge in [-0.15, -0.1) is 0 Å². The lowest BCUT2D eigenvalue weighted by Gasteiger charge is -2.21. The minimum absolute atomic E-state index is 0.164. The van der Waals surface area contributed by atoms with Crippen LogP contribution in [0.25, 0.3) is 10.9 Å². The molecule has 4 rings (SSSR count). The van der Waals surface area contributed by atoms with Gasteiger partial charge in [-0.3, -0.25) is 9.97 Å². The summed E-state index contributed by atoms with van der Waals surface area (Å²) < 4.78 is 0. The molecule has 26 heavy (non-hydrogen) atoms. The van der Waals surface area contributed by atoms with Gasteiger partial charge >= 0.3 is 0 Å². The Morgan fingerprint density at radius 3 is 2.65 bits per heavy atom. The number of pyridine rings is 3. The molecule has 0 aliphatic heterocycles. The Kier molecular flexibility index (Phi) is 4.19. The van der Waals surface area contributed by atoms with Gasteiger partial charge in [-0.05, 0) is 42.3 Å². The van der Waals surface area contributed by atoms with Crippen molar-refractivity contribution >= 4 is 16.7 Å². The van der Waals surface area contributed by atoms with Crippen LogP contribution in [0.15, 0.2) is 73.3 Å². The van der Waals surface area contributed by atoms with E-state index in [1.807, 2.05) is 55.5 Å². The number of hydrogen-bond acceptors (Lipinski definition) is 5. The van der Waals surface area contributed by atoms with E-state index < -0.39 is 0 Å². The summed E-state index contributed by atoms with van der Waals surface area (Å²) >= 11 is 0. The summed E-state index contributed by atoms with van der Waals surface area (Å²) in [6.07, 6.45) is 6.96. The second-order valence-electron chi connectivity index (χ2n) is 6.16. The fourth-order valence-corrected chi connectivity index (χ4v) is 3.03. The highest BCUT2D eigenvalue weighted by molar-refractivity contribution is 5.85. The van der Waals surface area contributed by atoms with Gasteiger partial charge in [0.05, 0.1) is 6.04 Å². The fraction of sp³-hybridized carbons (Fsp3) is 0.0952. The Bertz CT molecular complexity index is 1050. The van der Waals surface area contributed by atoms with Gasteiger partial charge in [-0.1, -0.05) is 24.3 Å². The van der Waals surface area contributed by atoms with Crippen molar-refractivity contribution in [3.63, 3.8) is 0 Å². The van der Waals surface area contributed by atoms with E-state index >= 15 is 0 Å². The van der Waals surface area contributed by atoms with Crippen LogP contribution in [0.5, 0.6) is 5.75 Å². The van der Waals surface area contributed by atoms with Crippen LogP contribution >= 0.6 is 0 Å². The molecule has 4 aromatic rings. The van der Waals surface area contributed by atoms with Crippen molar-refractivity contribution in [1.82, 2.24) is 15.0 Å². The van der Waals surface area contributed by atoms with Gasteiger partial charge < -0.3 is 10.4 Å². The van der Waals surface area contributed by atoms with Gasteiger partial charge in [-0.2, -0.15) is 0 Å². The summed E-state index contributed by atoms with van der Waals surface area (Å²) in [6, 6.07) is 15.1. The number of benzene rings is 1. The minimum atomic E-state index is -0.301. The van der Waals surface area contributed by atoms with Gasteiger partial charge in [0.1, 0.15) is 17.1 Å². The third kappa shape index (κ3) is 3.07. The van der Waals surface area contributed by atoms with E-state index in [-0.39, 0.29) is 11.8 Å². The van der Waals surface area contributed by atoms with Crippen LogP contribution in [0, 0.1) is 6.92 Å². The van der Waals surface area contributed by atoms with E-state index in [9.17, 15) is 5.11 Å². The molecular formula is C21H18N4O. The van der Waals surface area contributed by atoms with Crippen LogP contribution in [-0.2, 0) is 0 Å². The summed E-state index contributed by atoms with van der Waals surface area (Å²) in [5.74, 6) is 0.900. The first-order valence-electron chi connectivity index (χ1n) is 8.38. The summed E-state index contributed by atoms with van der Waals surface area (Å²) in [5, 5.41) is 15.2. The number of rotatable bonds is 4. The first kappa shape index (κ1) is 16.0. The van der Waals surface area contributed by atoms with Crippen LogP contribution in [0.3, 0.4) is 0 Å². The molecule has 0 radical (unpaired) electrons. The number of aromatic hydroxyl groups is 1. The molecule has 0 spiro atoms. The molecule has 0 bridgehead atoms. The highest BCUT2D eigenvalue weighted by Gasteiger charge is 2.20. The highest BCUT2D eigenvalue weighted by atomic mass is 16.3. The SMILES string of the molecule is Cc1ccnc(N[C@@H](c2cccnc2)c2ccc3cccnc3c2O)c1. The topological polar surface area (TPSA) is 70.9 Å². The molecular weight excluding hydrogens is 324 g/mol. The minimum Gasteiger partial charge on any atom is -0.505 e. The first-order valence-corrected chi connectivity index (χ1v) is 8.38. The Morgan fingerprint density at radius 1 is 0.962 bits per heavy atom. The second-order valence-corrected chi connectivity index (χ2v) is 6.16. The second kappa shape index (κ2) is 6.80. The average Bonchev–Trinajstić information content (AvgIpc) is 2.68. The Labute approximate surface area is 151 Å². The standard InChI is InChI=1S/C21H18N4O/c1-14-8-11-23-18(12-14)25-19(16-5-2-9-22-13-16)17-7-6-15-4-3-10-24-20(15)21(17)26/h2-13,19,26H,1H3,(H,23,25)/t19-/m0/s1. The molecule has 1 atom stereocenters. The van der Waals surface area contributed by atoms with Crippen molar-refractivity contribution < 1.29 is 5.11 Å². The third-order valence-corrected chi connectivity index (χ3v) is 4.32. The van der Waals surface area contributed by atoms with E-state index in [1.165, 1.54) is 0 Å². The summed E-state index contributed by atoms with van der Waals surface area (Å²) in [5.41, 5.74) is 3.35. The Balaban J connectivity index is 1.84. The lowest BCUT2D eigenvalue weighted by molar-refractivity contribution is 0.471. The molecule has 0 saturated carbocycles. The van der Waals surface area contributed by atoms with E-state index in [0.29, 0.717) is 5.52 Å². The van der Waals surface area contributed by atoms with Crippen molar-refractivity contribution in [2.24, 2.45) is 0 Å². The zero-order valence-electron chi connectivity index (χ0n) is 14.3. The molecule has 3 heterocycles. The van der Waals surface area contributed by atoms with Crippen molar-refractivity contribution in [1.29, 1.82) is 0 Å². The molecule has 3 aromatic heterocycles. The molecule has 0 saturated heterocycles. The molecule has 0 fully saturated rings. The first-order chi connectivity index (χ1) is 12.7. The molecule has 5 nitrogen and oxygen atoms in total. The number of nitrogens with zero attached hydrogens (tertiary/aromatic N) is 3. The number of nitrogens with one attached hydrogen (secondary N) is 1. The van der Waals surface area contributed by atoms with Crippen LogP contribution in [0.2, 0.25) is 0 Å². The smallest absolute Gasteiger partial charge is 0.147 e. The Hall–Kier alpha value is -3.47.